The first kappa shape index (κ1) is 49.4. The lowest BCUT2D eigenvalue weighted by Crippen LogP contribution is -2.67. The van der Waals surface area contributed by atoms with Crippen molar-refractivity contribution < 1.29 is 65.1 Å². The third-order valence-electron chi connectivity index (χ3n) is 14.9. The first-order valence-electron chi connectivity index (χ1n) is 23.6. The first-order valence-corrected chi connectivity index (χ1v) is 24.0. The molecule has 382 valence electrons. The summed E-state index contributed by atoms with van der Waals surface area (Å²) in [7, 11) is 0. The smallest absolute Gasteiger partial charge is 0.336 e. The van der Waals surface area contributed by atoms with Crippen molar-refractivity contribution in [1.29, 1.82) is 0 Å². The monoisotopic (exact) mass is 1030 g/mol. The van der Waals surface area contributed by atoms with Gasteiger partial charge in [-0.3, -0.25) is 33.6 Å². The zero-order chi connectivity index (χ0) is 52.4. The van der Waals surface area contributed by atoms with Crippen LogP contribution in [0.2, 0.25) is 5.02 Å². The summed E-state index contributed by atoms with van der Waals surface area (Å²) in [5.74, 6) is -13.1. The highest BCUT2D eigenvalue weighted by atomic mass is 35.5. The summed E-state index contributed by atoms with van der Waals surface area (Å²) in [5.41, 5.74) is -0.713. The fourth-order valence-corrected chi connectivity index (χ4v) is 11.5. The van der Waals surface area contributed by atoms with E-state index in [0.29, 0.717) is 29.7 Å². The molecule has 11 rings (SSSR count). The number of carbonyl (C=O) groups excluding carboxylic acids is 8. The second-order valence-electron chi connectivity index (χ2n) is 19.8. The zero-order valence-corrected chi connectivity index (χ0v) is 40.2. The number of rotatable bonds is 14. The predicted octanol–water partition coefficient (Wildman–Crippen LogP) is 6.17. The lowest BCUT2D eigenvalue weighted by atomic mass is 9.69. The molecule has 0 saturated heterocycles. The Hall–Kier alpha value is -7.17. The summed E-state index contributed by atoms with van der Waals surface area (Å²) in [5, 5.41) is 14.8. The van der Waals surface area contributed by atoms with Gasteiger partial charge in [-0.05, 0) is 103 Å². The number of hydrogen-bond acceptors (Lipinski definition) is 12. The minimum atomic E-state index is -3.09. The minimum absolute atomic E-state index is 0.00943. The fraction of sp³-hybridized carbons (Fsp3) is 0.449. The molecule has 0 spiro atoms. The number of nitrogens with one attached hydrogen (secondary N) is 3. The van der Waals surface area contributed by atoms with Crippen LogP contribution in [-0.2, 0) is 32.0 Å². The van der Waals surface area contributed by atoms with Crippen LogP contribution in [0.3, 0.4) is 0 Å². The number of amides is 3. The summed E-state index contributed by atoms with van der Waals surface area (Å²) < 4.78 is 71.6. The van der Waals surface area contributed by atoms with E-state index in [9.17, 15) is 60.3 Å². The second kappa shape index (κ2) is 17.2. The number of pyridine rings is 1. The van der Waals surface area contributed by atoms with Gasteiger partial charge in [0.2, 0.25) is 5.65 Å². The van der Waals surface area contributed by atoms with Crippen LogP contribution < -0.4 is 20.8 Å². The van der Waals surface area contributed by atoms with E-state index < -0.39 is 101 Å². The zero-order valence-electron chi connectivity index (χ0n) is 39.5. The first-order chi connectivity index (χ1) is 34.4. The van der Waals surface area contributed by atoms with Crippen LogP contribution in [0.1, 0.15) is 142 Å². The van der Waals surface area contributed by atoms with E-state index in [4.69, 9.17) is 16.4 Å². The van der Waals surface area contributed by atoms with Crippen LogP contribution >= 0.6 is 11.6 Å². The molecular weight excluding hydrogens is 989 g/mol. The van der Waals surface area contributed by atoms with Crippen molar-refractivity contribution in [2.75, 3.05) is 5.32 Å². The van der Waals surface area contributed by atoms with Gasteiger partial charge in [0.1, 0.15) is 33.8 Å². The van der Waals surface area contributed by atoms with Crippen molar-refractivity contribution in [1.82, 2.24) is 39.9 Å². The molecular formula is C49H45ClF5N9O9. The SMILES string of the molecule is CCC(=O)C1(NC(=O)C(=O)c2c(C)c(C(=O)Nc3ccc(F)c(Cl)c3)n3c2C[C@H]2C[C@H]23)CC(F)(F)C1.CCC(=O)C1(NC(=O)C(=O)c2c(C)c(C(=O)On3nnc4cccnc43)n3c2C[C@H]2C[C@H]23)CC(F)(F)C1. The molecule has 4 atom stereocenters. The molecule has 0 radical (unpaired) electrons. The molecule has 4 fully saturated rings. The Kier molecular flexibility index (Phi) is 11.7. The van der Waals surface area contributed by atoms with Gasteiger partial charge in [0.05, 0.1) is 16.1 Å². The molecule has 3 amide bonds. The summed E-state index contributed by atoms with van der Waals surface area (Å²) in [4.78, 5) is 114. The number of ketones is 4. The predicted molar refractivity (Wildman–Crippen MR) is 245 cm³/mol. The molecule has 0 bridgehead atoms. The summed E-state index contributed by atoms with van der Waals surface area (Å²) in [6.07, 6.45) is 0.598. The third-order valence-corrected chi connectivity index (χ3v) is 15.2. The van der Waals surface area contributed by atoms with Crippen LogP contribution in [0.15, 0.2) is 36.5 Å². The second-order valence-corrected chi connectivity index (χ2v) is 20.2. The van der Waals surface area contributed by atoms with Gasteiger partial charge < -0.3 is 29.9 Å². The molecule has 2 aliphatic heterocycles. The number of hydrogen-bond donors (Lipinski definition) is 3. The van der Waals surface area contributed by atoms with Gasteiger partial charge in [0.25, 0.3) is 41.1 Å². The molecule has 4 aliphatic carbocycles. The van der Waals surface area contributed by atoms with Crippen molar-refractivity contribution in [3.05, 3.63) is 92.4 Å². The van der Waals surface area contributed by atoms with Gasteiger partial charge >= 0.3 is 5.97 Å². The van der Waals surface area contributed by atoms with Crippen molar-refractivity contribution >= 4 is 75.3 Å². The van der Waals surface area contributed by atoms with Crippen LogP contribution in [0.5, 0.6) is 0 Å². The lowest BCUT2D eigenvalue weighted by molar-refractivity contribution is -0.163. The van der Waals surface area contributed by atoms with Gasteiger partial charge in [-0.15, -0.1) is 5.10 Å². The number of aromatic nitrogens is 6. The summed E-state index contributed by atoms with van der Waals surface area (Å²) in [6, 6.07) is 7.03. The number of Topliss-reactive ketones (excluding diaryl/α,β-unsaturated/α-hetero) is 4. The Balaban J connectivity index is 0.000000168. The quantitative estimate of drug-likeness (QED) is 0.0490. The molecule has 4 aromatic heterocycles. The molecule has 4 saturated carbocycles. The van der Waals surface area contributed by atoms with Gasteiger partial charge in [0.15, 0.2) is 11.6 Å². The molecule has 1 aromatic carbocycles. The number of nitrogens with zero attached hydrogens (tertiary/aromatic N) is 6. The van der Waals surface area contributed by atoms with E-state index in [-0.39, 0.29) is 86.8 Å². The molecule has 0 unspecified atom stereocenters. The van der Waals surface area contributed by atoms with Crippen molar-refractivity contribution in [3.8, 4) is 0 Å². The largest absolute Gasteiger partial charge is 0.382 e. The van der Waals surface area contributed by atoms with Crippen molar-refractivity contribution in [3.63, 3.8) is 0 Å². The molecule has 5 aromatic rings. The number of carbonyl (C=O) groups is 8. The Labute approximate surface area is 415 Å². The molecule has 3 N–H and O–H groups in total. The molecule has 24 heteroatoms. The normalized spacial score (nSPS) is 22.1. The highest BCUT2D eigenvalue weighted by Gasteiger charge is 2.63. The highest BCUT2D eigenvalue weighted by molar-refractivity contribution is 6.45. The van der Waals surface area contributed by atoms with Crippen molar-refractivity contribution in [2.45, 2.75) is 127 Å². The molecule has 6 heterocycles. The van der Waals surface area contributed by atoms with Gasteiger partial charge in [-0.1, -0.05) is 25.4 Å². The maximum Gasteiger partial charge on any atom is 0.382 e. The van der Waals surface area contributed by atoms with E-state index in [1.807, 2.05) is 0 Å². The number of halogens is 6. The van der Waals surface area contributed by atoms with Crippen molar-refractivity contribution in [2.24, 2.45) is 11.8 Å². The maximum atomic E-state index is 13.7. The summed E-state index contributed by atoms with van der Waals surface area (Å²) in [6.45, 7) is 6.09. The minimum Gasteiger partial charge on any atom is -0.336 e. The van der Waals surface area contributed by atoms with Gasteiger partial charge in [0, 0.05) is 73.9 Å². The lowest BCUT2D eigenvalue weighted by Gasteiger charge is -2.46. The number of anilines is 1. The Morgan fingerprint density at radius 2 is 1.26 bits per heavy atom. The number of fused-ring (bicyclic) bond motifs is 7. The molecule has 6 aliphatic rings. The van der Waals surface area contributed by atoms with E-state index in [0.717, 1.165) is 23.8 Å². The fourth-order valence-electron chi connectivity index (χ4n) is 11.4. The topological polar surface area (TPSA) is 235 Å². The average Bonchev–Trinajstić information content (AvgIpc) is 4.02. The van der Waals surface area contributed by atoms with E-state index >= 15 is 0 Å². The third kappa shape index (κ3) is 8.28. The highest BCUT2D eigenvalue weighted by Crippen LogP contribution is 2.56. The van der Waals surface area contributed by atoms with Crippen LogP contribution in [0.4, 0.5) is 27.6 Å². The Bertz CT molecular complexity index is 3290. The molecule has 18 nitrogen and oxygen atoms in total. The molecule has 73 heavy (non-hydrogen) atoms. The van der Waals surface area contributed by atoms with E-state index in [1.54, 1.807) is 28.2 Å². The van der Waals surface area contributed by atoms with Gasteiger partial charge in [-0.2, -0.15) is 0 Å². The van der Waals surface area contributed by atoms with E-state index in [1.165, 1.54) is 39.1 Å². The number of benzene rings is 1. The van der Waals surface area contributed by atoms with Crippen LogP contribution in [-0.4, -0.2) is 99.0 Å². The Morgan fingerprint density at radius 3 is 1.75 bits per heavy atom. The van der Waals surface area contributed by atoms with E-state index in [2.05, 4.69) is 31.2 Å². The van der Waals surface area contributed by atoms with Crippen LogP contribution in [0.25, 0.3) is 11.2 Å². The Morgan fingerprint density at radius 1 is 0.753 bits per heavy atom. The maximum absolute atomic E-state index is 13.7. The number of alkyl halides is 4. The average molecular weight is 1030 g/mol. The summed E-state index contributed by atoms with van der Waals surface area (Å²) >= 11 is 5.81. The van der Waals surface area contributed by atoms with Gasteiger partial charge in [-0.25, -0.2) is 31.7 Å². The van der Waals surface area contributed by atoms with Crippen LogP contribution in [0, 0.1) is 31.5 Å². The standard InChI is InChI=1S/C25H23ClF3N3O4.C24H22F2N6O5/c1-3-18(33)24(9-25(28,29)10-24)31-23(36)21(34)19-11(2)20(32-16-6-12(16)7-17(19)32)22(35)30-13-4-5-15(27)14(26)8-13;1-3-16(33)23(9-24(25,26)10-23)28-21(35)19(34)17-11(2)18(31-14-7-12(14)8-15(17)31)22(36)37-32-20-13(29-30-32)5-4-6-27-20/h4-5,8,12,16H,3,6-7,9-10H2,1-2H3,(H,30,35)(H,31,36);4-6,12,14H,3,7-10H2,1-2H3,(H,28,35)/t12-,16-;12-,14-/m11/s1.